The molecular formula is C17H18N4O. The molecule has 2 atom stereocenters. The molecule has 2 heterocycles. The Balaban J connectivity index is 1.79. The summed E-state index contributed by atoms with van der Waals surface area (Å²) >= 11 is 0. The zero-order valence-electron chi connectivity index (χ0n) is 12.5. The van der Waals surface area contributed by atoms with Gasteiger partial charge in [-0.05, 0) is 23.1 Å². The number of rotatable bonds is 2. The molecule has 0 bridgehead atoms. The maximum Gasteiger partial charge on any atom is 0.282 e. The van der Waals surface area contributed by atoms with Gasteiger partial charge in [0.2, 0.25) is 0 Å². The van der Waals surface area contributed by atoms with Crippen LogP contribution >= 0.6 is 0 Å². The van der Waals surface area contributed by atoms with Gasteiger partial charge >= 0.3 is 0 Å². The number of fused-ring (bicyclic) bond motifs is 1. The second-order valence-corrected chi connectivity index (χ2v) is 5.99. The summed E-state index contributed by atoms with van der Waals surface area (Å²) in [6, 6.07) is 6.71. The minimum Gasteiger partial charge on any atom is -0.460 e. The molecule has 0 radical (unpaired) electrons. The zero-order chi connectivity index (χ0) is 15.2. The average Bonchev–Trinajstić information content (AvgIpc) is 3.06. The predicted molar refractivity (Wildman–Crippen MR) is 84.4 cm³/mol. The van der Waals surface area contributed by atoms with Crippen molar-refractivity contribution in [3.63, 3.8) is 0 Å². The molecule has 1 aromatic carbocycles. The Kier molecular flexibility index (Phi) is 2.89. The van der Waals surface area contributed by atoms with E-state index >= 15 is 0 Å². The van der Waals surface area contributed by atoms with Crippen LogP contribution in [0.15, 0.2) is 41.9 Å². The minimum atomic E-state index is -0.243. The lowest BCUT2D eigenvalue weighted by molar-refractivity contribution is 0.134. The van der Waals surface area contributed by atoms with Crippen molar-refractivity contribution in [2.75, 3.05) is 0 Å². The first-order chi connectivity index (χ1) is 10.7. The highest BCUT2D eigenvalue weighted by Gasteiger charge is 2.49. The number of hydrogen-bond acceptors (Lipinski definition) is 5. The number of aliphatic imine (C=N–C) groups is 1. The van der Waals surface area contributed by atoms with Gasteiger partial charge < -0.3 is 10.5 Å². The molecule has 0 saturated carbocycles. The Bertz CT molecular complexity index is 744. The number of nitrogens with zero attached hydrogens (tertiary/aromatic N) is 3. The summed E-state index contributed by atoms with van der Waals surface area (Å²) < 4.78 is 5.73. The highest BCUT2D eigenvalue weighted by Crippen LogP contribution is 2.43. The molecule has 0 amide bonds. The van der Waals surface area contributed by atoms with Crippen LogP contribution in [0.1, 0.15) is 24.5 Å². The SMILES string of the molecule is CC[C@@H]1OC(N)=N[C@]12Cc1cccc(-c3cncnc3)c1C2. The van der Waals surface area contributed by atoms with E-state index in [0.29, 0.717) is 6.02 Å². The molecule has 2 N–H and O–H groups in total. The van der Waals surface area contributed by atoms with Crippen molar-refractivity contribution in [3.05, 3.63) is 48.0 Å². The van der Waals surface area contributed by atoms with Crippen molar-refractivity contribution in [2.24, 2.45) is 10.7 Å². The van der Waals surface area contributed by atoms with Crippen LogP contribution in [0.25, 0.3) is 11.1 Å². The summed E-state index contributed by atoms with van der Waals surface area (Å²) in [5, 5.41) is 0. The number of amidine groups is 1. The predicted octanol–water partition coefficient (Wildman–Crippen LogP) is 2.10. The molecule has 22 heavy (non-hydrogen) atoms. The van der Waals surface area contributed by atoms with Crippen molar-refractivity contribution in [1.29, 1.82) is 0 Å². The maximum atomic E-state index is 5.85. The number of aromatic nitrogens is 2. The van der Waals surface area contributed by atoms with E-state index in [0.717, 1.165) is 24.8 Å². The fourth-order valence-corrected chi connectivity index (χ4v) is 3.76. The quantitative estimate of drug-likeness (QED) is 0.920. The third-order valence-electron chi connectivity index (χ3n) is 4.69. The lowest BCUT2D eigenvalue weighted by atomic mass is 9.88. The first-order valence-corrected chi connectivity index (χ1v) is 7.60. The first-order valence-electron chi connectivity index (χ1n) is 7.60. The number of hydrogen-bond donors (Lipinski definition) is 1. The van der Waals surface area contributed by atoms with E-state index in [-0.39, 0.29) is 11.6 Å². The molecular weight excluding hydrogens is 276 g/mol. The van der Waals surface area contributed by atoms with E-state index in [9.17, 15) is 0 Å². The van der Waals surface area contributed by atoms with Crippen LogP contribution in [0.5, 0.6) is 0 Å². The van der Waals surface area contributed by atoms with E-state index in [1.165, 1.54) is 16.7 Å². The van der Waals surface area contributed by atoms with Gasteiger partial charge in [-0.25, -0.2) is 15.0 Å². The van der Waals surface area contributed by atoms with Gasteiger partial charge in [0.25, 0.3) is 6.02 Å². The summed E-state index contributed by atoms with van der Waals surface area (Å²) in [7, 11) is 0. The van der Waals surface area contributed by atoms with Gasteiger partial charge in [0.05, 0.1) is 0 Å². The van der Waals surface area contributed by atoms with E-state index in [1.54, 1.807) is 6.33 Å². The highest BCUT2D eigenvalue weighted by atomic mass is 16.5. The Morgan fingerprint density at radius 1 is 1.27 bits per heavy atom. The Labute approximate surface area is 129 Å². The van der Waals surface area contributed by atoms with Crippen LogP contribution in [0, 0.1) is 0 Å². The summed E-state index contributed by atoms with van der Waals surface area (Å²) in [6.07, 6.45) is 7.95. The van der Waals surface area contributed by atoms with Gasteiger partial charge in [0.1, 0.15) is 18.0 Å². The average molecular weight is 294 g/mol. The largest absolute Gasteiger partial charge is 0.460 e. The van der Waals surface area contributed by atoms with Gasteiger partial charge in [-0.3, -0.25) is 0 Å². The molecule has 2 aromatic rings. The van der Waals surface area contributed by atoms with Crippen molar-refractivity contribution >= 4 is 6.02 Å². The molecule has 0 unspecified atom stereocenters. The molecule has 1 spiro atoms. The van der Waals surface area contributed by atoms with Crippen LogP contribution in [-0.2, 0) is 17.6 Å². The van der Waals surface area contributed by atoms with Crippen molar-refractivity contribution in [1.82, 2.24) is 9.97 Å². The van der Waals surface area contributed by atoms with Crippen LogP contribution in [0.4, 0.5) is 0 Å². The molecule has 0 fully saturated rings. The molecule has 5 heteroatoms. The van der Waals surface area contributed by atoms with Gasteiger partial charge in [-0.15, -0.1) is 0 Å². The first kappa shape index (κ1) is 13.2. The third kappa shape index (κ3) is 1.89. The topological polar surface area (TPSA) is 73.4 Å². The Morgan fingerprint density at radius 2 is 2.09 bits per heavy atom. The van der Waals surface area contributed by atoms with E-state index in [4.69, 9.17) is 10.5 Å². The van der Waals surface area contributed by atoms with Crippen molar-refractivity contribution in [2.45, 2.75) is 37.8 Å². The van der Waals surface area contributed by atoms with Gasteiger partial charge in [0.15, 0.2) is 0 Å². The second-order valence-electron chi connectivity index (χ2n) is 5.99. The van der Waals surface area contributed by atoms with Crippen molar-refractivity contribution in [3.8, 4) is 11.1 Å². The van der Waals surface area contributed by atoms with Crippen LogP contribution in [0.3, 0.4) is 0 Å². The molecule has 1 aromatic heterocycles. The fourth-order valence-electron chi connectivity index (χ4n) is 3.76. The number of benzene rings is 1. The summed E-state index contributed by atoms with van der Waals surface area (Å²) in [6.45, 7) is 2.12. The third-order valence-corrected chi connectivity index (χ3v) is 4.69. The summed E-state index contributed by atoms with van der Waals surface area (Å²) in [5.74, 6) is 0. The summed E-state index contributed by atoms with van der Waals surface area (Å²) in [4.78, 5) is 12.9. The number of ether oxygens (including phenoxy) is 1. The zero-order valence-corrected chi connectivity index (χ0v) is 12.5. The van der Waals surface area contributed by atoms with E-state index in [1.807, 2.05) is 12.4 Å². The van der Waals surface area contributed by atoms with E-state index < -0.39 is 0 Å². The maximum absolute atomic E-state index is 5.85. The lowest BCUT2D eigenvalue weighted by Crippen LogP contribution is -2.38. The Morgan fingerprint density at radius 3 is 2.86 bits per heavy atom. The highest BCUT2D eigenvalue weighted by molar-refractivity contribution is 5.76. The van der Waals surface area contributed by atoms with E-state index in [2.05, 4.69) is 40.1 Å². The minimum absolute atomic E-state index is 0.0553. The van der Waals surface area contributed by atoms with Gasteiger partial charge in [-0.2, -0.15) is 0 Å². The standard InChI is InChI=1S/C17H18N4O/c1-2-15-17(21-16(18)22-15)6-11-4-3-5-13(14(11)7-17)12-8-19-10-20-9-12/h3-5,8-10,15H,2,6-7H2,1H3,(H2,18,21)/t15-,17-/m0/s1. The number of nitrogens with two attached hydrogens (primary N) is 1. The molecule has 1 aliphatic carbocycles. The molecule has 4 rings (SSSR count). The molecule has 1 aliphatic heterocycles. The smallest absolute Gasteiger partial charge is 0.282 e. The second kappa shape index (κ2) is 4.80. The molecule has 2 aliphatic rings. The monoisotopic (exact) mass is 294 g/mol. The lowest BCUT2D eigenvalue weighted by Gasteiger charge is -2.25. The van der Waals surface area contributed by atoms with Gasteiger partial charge in [-0.1, -0.05) is 25.1 Å². The van der Waals surface area contributed by atoms with Crippen LogP contribution < -0.4 is 5.73 Å². The van der Waals surface area contributed by atoms with Crippen LogP contribution in [-0.4, -0.2) is 27.6 Å². The Hall–Kier alpha value is -2.43. The molecule has 112 valence electrons. The molecule has 0 saturated heterocycles. The fraction of sp³-hybridized carbons (Fsp3) is 0.353. The normalized spacial score (nSPS) is 25.9. The van der Waals surface area contributed by atoms with Gasteiger partial charge in [0, 0.05) is 30.8 Å². The molecule has 5 nitrogen and oxygen atoms in total. The van der Waals surface area contributed by atoms with Crippen molar-refractivity contribution < 1.29 is 4.74 Å². The van der Waals surface area contributed by atoms with Crippen LogP contribution in [0.2, 0.25) is 0 Å². The summed E-state index contributed by atoms with van der Waals surface area (Å²) in [5.41, 5.74) is 10.5.